The van der Waals surface area contributed by atoms with E-state index in [2.05, 4.69) is 18.8 Å². The number of aromatic amines is 1. The molecule has 21 heavy (non-hydrogen) atoms. The molecular weight excluding hydrogens is 264 g/mol. The fourth-order valence-corrected chi connectivity index (χ4v) is 3.24. The van der Waals surface area contributed by atoms with Crippen molar-refractivity contribution >= 4 is 11.7 Å². The topological polar surface area (TPSA) is 53.2 Å². The molecule has 0 aromatic carbocycles. The standard InChI is InChI=1S/C17H26N2O2/c1-5-19(6-2)15(21)8-7-12-11-18-13-9-17(3,4)10-14(20)16(12)13/h11,18H,5-10H2,1-4H3. The Kier molecular flexibility index (Phi) is 4.55. The summed E-state index contributed by atoms with van der Waals surface area (Å²) in [5, 5.41) is 0. The molecule has 0 fully saturated rings. The van der Waals surface area contributed by atoms with Crippen LogP contribution in [0.15, 0.2) is 6.20 Å². The lowest BCUT2D eigenvalue weighted by Crippen LogP contribution is -2.31. The van der Waals surface area contributed by atoms with E-state index >= 15 is 0 Å². The summed E-state index contributed by atoms with van der Waals surface area (Å²) < 4.78 is 0. The number of nitrogens with zero attached hydrogens (tertiary/aromatic N) is 1. The van der Waals surface area contributed by atoms with Crippen LogP contribution in [-0.2, 0) is 17.6 Å². The van der Waals surface area contributed by atoms with Gasteiger partial charge in [-0.25, -0.2) is 0 Å². The van der Waals surface area contributed by atoms with Crippen LogP contribution in [0.25, 0.3) is 0 Å². The summed E-state index contributed by atoms with van der Waals surface area (Å²) in [6.07, 6.45) is 4.53. The molecule has 0 radical (unpaired) electrons. The molecule has 1 aromatic rings. The molecule has 116 valence electrons. The van der Waals surface area contributed by atoms with E-state index in [1.165, 1.54) is 0 Å². The SMILES string of the molecule is CCN(CC)C(=O)CCc1c[nH]c2c1C(=O)CC(C)(C)C2. The van der Waals surface area contributed by atoms with Gasteiger partial charge in [-0.1, -0.05) is 13.8 Å². The zero-order valence-corrected chi connectivity index (χ0v) is 13.6. The van der Waals surface area contributed by atoms with Gasteiger partial charge >= 0.3 is 0 Å². The van der Waals surface area contributed by atoms with Crippen LogP contribution in [0.2, 0.25) is 0 Å². The lowest BCUT2D eigenvalue weighted by Gasteiger charge is -2.28. The first kappa shape index (κ1) is 15.8. The summed E-state index contributed by atoms with van der Waals surface area (Å²) in [4.78, 5) is 29.5. The number of hydrogen-bond donors (Lipinski definition) is 1. The van der Waals surface area contributed by atoms with Crippen LogP contribution in [0.5, 0.6) is 0 Å². The first-order valence-corrected chi connectivity index (χ1v) is 7.88. The quantitative estimate of drug-likeness (QED) is 0.906. The number of hydrogen-bond acceptors (Lipinski definition) is 2. The van der Waals surface area contributed by atoms with Gasteiger partial charge in [0.05, 0.1) is 0 Å². The third-order valence-corrected chi connectivity index (χ3v) is 4.34. The van der Waals surface area contributed by atoms with Gasteiger partial charge in [0.25, 0.3) is 0 Å². The van der Waals surface area contributed by atoms with Crippen LogP contribution in [-0.4, -0.2) is 34.7 Å². The second kappa shape index (κ2) is 6.04. The number of carbonyl (C=O) groups excluding carboxylic acids is 2. The summed E-state index contributed by atoms with van der Waals surface area (Å²) in [5.74, 6) is 0.381. The minimum atomic E-state index is 0.0310. The molecule has 0 bridgehead atoms. The zero-order chi connectivity index (χ0) is 15.6. The number of carbonyl (C=O) groups is 2. The van der Waals surface area contributed by atoms with Crippen LogP contribution in [0.4, 0.5) is 0 Å². The van der Waals surface area contributed by atoms with Crippen molar-refractivity contribution in [1.82, 2.24) is 9.88 Å². The smallest absolute Gasteiger partial charge is 0.222 e. The number of H-pyrrole nitrogens is 1. The third-order valence-electron chi connectivity index (χ3n) is 4.34. The van der Waals surface area contributed by atoms with Crippen LogP contribution in [0, 0.1) is 5.41 Å². The Morgan fingerprint density at radius 2 is 1.95 bits per heavy atom. The minimum Gasteiger partial charge on any atom is -0.364 e. The van der Waals surface area contributed by atoms with E-state index in [1.54, 1.807) is 0 Å². The molecule has 0 spiro atoms. The van der Waals surface area contributed by atoms with E-state index in [4.69, 9.17) is 0 Å². The minimum absolute atomic E-state index is 0.0310. The molecular formula is C17H26N2O2. The highest BCUT2D eigenvalue weighted by Crippen LogP contribution is 2.35. The summed E-state index contributed by atoms with van der Waals surface area (Å²) in [5.41, 5.74) is 2.93. The van der Waals surface area contributed by atoms with Gasteiger partial charge in [-0.05, 0) is 37.7 Å². The van der Waals surface area contributed by atoms with Crippen LogP contribution >= 0.6 is 0 Å². The summed E-state index contributed by atoms with van der Waals surface area (Å²) in [7, 11) is 0. The maximum Gasteiger partial charge on any atom is 0.222 e. The van der Waals surface area contributed by atoms with E-state index in [1.807, 2.05) is 24.9 Å². The third kappa shape index (κ3) is 3.36. The summed E-state index contributed by atoms with van der Waals surface area (Å²) in [6, 6.07) is 0. The molecule has 1 N–H and O–H groups in total. The summed E-state index contributed by atoms with van der Waals surface area (Å²) in [6.45, 7) is 9.72. The Hall–Kier alpha value is -1.58. The monoisotopic (exact) mass is 290 g/mol. The second-order valence-electron chi connectivity index (χ2n) is 6.67. The van der Waals surface area contributed by atoms with Crippen molar-refractivity contribution in [2.45, 2.75) is 53.4 Å². The molecule has 4 heteroatoms. The average molecular weight is 290 g/mol. The van der Waals surface area contributed by atoms with Gasteiger partial charge in [-0.3, -0.25) is 9.59 Å². The molecule has 0 atom stereocenters. The lowest BCUT2D eigenvalue weighted by molar-refractivity contribution is -0.130. The van der Waals surface area contributed by atoms with Gasteiger partial charge in [0.2, 0.25) is 5.91 Å². The predicted octanol–water partition coefficient (Wildman–Crippen LogP) is 2.97. The first-order chi connectivity index (χ1) is 9.88. The van der Waals surface area contributed by atoms with E-state index in [-0.39, 0.29) is 17.1 Å². The Morgan fingerprint density at radius 1 is 1.29 bits per heavy atom. The number of nitrogens with one attached hydrogen (secondary N) is 1. The number of Topliss-reactive ketones (excluding diaryl/α,β-unsaturated/α-hetero) is 1. The summed E-state index contributed by atoms with van der Waals surface area (Å²) >= 11 is 0. The number of aryl methyl sites for hydroxylation is 1. The highest BCUT2D eigenvalue weighted by molar-refractivity contribution is 6.00. The largest absolute Gasteiger partial charge is 0.364 e. The van der Waals surface area contributed by atoms with Crippen molar-refractivity contribution in [3.8, 4) is 0 Å². The number of rotatable bonds is 5. The van der Waals surface area contributed by atoms with Crippen molar-refractivity contribution in [1.29, 1.82) is 0 Å². The Balaban J connectivity index is 2.09. The Bertz CT molecular complexity index is 539. The molecule has 0 saturated heterocycles. The highest BCUT2D eigenvalue weighted by Gasteiger charge is 2.33. The number of amides is 1. The van der Waals surface area contributed by atoms with Crippen LogP contribution in [0.1, 0.15) is 62.2 Å². The molecule has 1 aromatic heterocycles. The maximum atomic E-state index is 12.4. The van der Waals surface area contributed by atoms with E-state index in [0.717, 1.165) is 36.3 Å². The zero-order valence-electron chi connectivity index (χ0n) is 13.6. The fraction of sp³-hybridized carbons (Fsp3) is 0.647. The second-order valence-corrected chi connectivity index (χ2v) is 6.67. The van der Waals surface area contributed by atoms with Gasteiger partial charge in [-0.2, -0.15) is 0 Å². The van der Waals surface area contributed by atoms with E-state index in [9.17, 15) is 9.59 Å². The Morgan fingerprint density at radius 3 is 2.57 bits per heavy atom. The first-order valence-electron chi connectivity index (χ1n) is 7.88. The fourth-order valence-electron chi connectivity index (χ4n) is 3.24. The highest BCUT2D eigenvalue weighted by atomic mass is 16.2. The van der Waals surface area contributed by atoms with E-state index < -0.39 is 0 Å². The molecule has 2 rings (SSSR count). The van der Waals surface area contributed by atoms with Gasteiger partial charge in [0.1, 0.15) is 0 Å². The molecule has 0 unspecified atom stereocenters. The van der Waals surface area contributed by atoms with Crippen molar-refractivity contribution in [3.05, 3.63) is 23.0 Å². The van der Waals surface area contributed by atoms with Crippen LogP contribution in [0.3, 0.4) is 0 Å². The van der Waals surface area contributed by atoms with Crippen molar-refractivity contribution in [3.63, 3.8) is 0 Å². The average Bonchev–Trinajstić information content (AvgIpc) is 2.79. The number of ketones is 1. The lowest BCUT2D eigenvalue weighted by atomic mass is 9.75. The molecule has 1 amide bonds. The van der Waals surface area contributed by atoms with Crippen molar-refractivity contribution in [2.75, 3.05) is 13.1 Å². The molecule has 4 nitrogen and oxygen atoms in total. The van der Waals surface area contributed by atoms with Gasteiger partial charge < -0.3 is 9.88 Å². The predicted molar refractivity (Wildman–Crippen MR) is 83.5 cm³/mol. The normalized spacial score (nSPS) is 16.7. The van der Waals surface area contributed by atoms with Crippen molar-refractivity contribution < 1.29 is 9.59 Å². The van der Waals surface area contributed by atoms with Crippen molar-refractivity contribution in [2.24, 2.45) is 5.41 Å². The number of aromatic nitrogens is 1. The Labute approximate surface area is 126 Å². The number of fused-ring (bicyclic) bond motifs is 1. The van der Waals surface area contributed by atoms with E-state index in [0.29, 0.717) is 19.3 Å². The molecule has 1 aliphatic rings. The van der Waals surface area contributed by atoms with Crippen LogP contribution < -0.4 is 0 Å². The molecule has 0 saturated carbocycles. The molecule has 1 aliphatic carbocycles. The molecule has 1 heterocycles. The van der Waals surface area contributed by atoms with Gasteiger partial charge in [0.15, 0.2) is 5.78 Å². The van der Waals surface area contributed by atoms with Gasteiger partial charge in [-0.15, -0.1) is 0 Å². The maximum absolute atomic E-state index is 12.4. The molecule has 0 aliphatic heterocycles. The van der Waals surface area contributed by atoms with Gasteiger partial charge in [0, 0.05) is 43.4 Å².